The number of rotatable bonds is 4. The third-order valence-corrected chi connectivity index (χ3v) is 4.34. The van der Waals surface area contributed by atoms with Crippen molar-refractivity contribution in [1.82, 2.24) is 5.32 Å². The molecule has 0 spiro atoms. The number of carbonyl (C=O) groups excluding carboxylic acids is 1. The fourth-order valence-corrected chi connectivity index (χ4v) is 3.22. The Bertz CT molecular complexity index is 550. The second-order valence-electron chi connectivity index (χ2n) is 5.32. The van der Waals surface area contributed by atoms with Crippen LogP contribution in [0, 0.1) is 16.0 Å². The van der Waals surface area contributed by atoms with E-state index in [1.54, 1.807) is 6.07 Å². The first-order chi connectivity index (χ1) is 10.0. The topological polar surface area (TPSA) is 98.3 Å². The van der Waals surface area contributed by atoms with E-state index in [4.69, 9.17) is 5.73 Å². The first-order valence-corrected chi connectivity index (χ1v) is 7.76. The molecule has 0 radical (unpaired) electrons. The van der Waals surface area contributed by atoms with E-state index in [0.29, 0.717) is 11.0 Å². The maximum absolute atomic E-state index is 12.3. The second kappa shape index (κ2) is 7.00. The second-order valence-corrected chi connectivity index (χ2v) is 6.23. The molecule has 0 saturated heterocycles. The molecule has 1 amide bonds. The van der Waals surface area contributed by atoms with E-state index >= 15 is 0 Å². The third-order valence-electron chi connectivity index (χ3n) is 3.88. The predicted octanol–water partition coefficient (Wildman–Crippen LogP) is 2.60. The smallest absolute Gasteiger partial charge is 0.271 e. The lowest BCUT2D eigenvalue weighted by atomic mass is 9.84. The van der Waals surface area contributed by atoms with Crippen molar-refractivity contribution in [2.24, 2.45) is 11.7 Å². The standard InChI is InChI=1S/C14H18BrN3O3/c15-11-5-10(6-12(7-11)18(20)21)14(19)17-13-4-2-1-3-9(13)8-16/h5-7,9,13H,1-4,8,16H2,(H,17,19). The molecule has 1 fully saturated rings. The van der Waals surface area contributed by atoms with Gasteiger partial charge in [0.25, 0.3) is 11.6 Å². The highest BCUT2D eigenvalue weighted by atomic mass is 79.9. The molecule has 21 heavy (non-hydrogen) atoms. The number of hydrogen-bond acceptors (Lipinski definition) is 4. The SMILES string of the molecule is NCC1CCCCC1NC(=O)c1cc(Br)cc([N+](=O)[O-])c1. The molecule has 114 valence electrons. The molecular weight excluding hydrogens is 338 g/mol. The molecule has 0 aliphatic heterocycles. The zero-order chi connectivity index (χ0) is 15.4. The van der Waals surface area contributed by atoms with Gasteiger partial charge >= 0.3 is 0 Å². The first-order valence-electron chi connectivity index (χ1n) is 6.97. The molecule has 1 aliphatic carbocycles. The van der Waals surface area contributed by atoms with Crippen molar-refractivity contribution in [2.45, 2.75) is 31.7 Å². The van der Waals surface area contributed by atoms with Crippen LogP contribution < -0.4 is 11.1 Å². The highest BCUT2D eigenvalue weighted by Gasteiger charge is 2.26. The van der Waals surface area contributed by atoms with E-state index in [1.165, 1.54) is 12.1 Å². The van der Waals surface area contributed by atoms with Gasteiger partial charge in [-0.2, -0.15) is 0 Å². The molecule has 2 unspecified atom stereocenters. The lowest BCUT2D eigenvalue weighted by Gasteiger charge is -2.31. The lowest BCUT2D eigenvalue weighted by Crippen LogP contribution is -2.44. The number of nitro groups is 1. The van der Waals surface area contributed by atoms with E-state index < -0.39 is 4.92 Å². The number of non-ortho nitro benzene ring substituents is 1. The van der Waals surface area contributed by atoms with Crippen LogP contribution in [0.25, 0.3) is 0 Å². The Morgan fingerprint density at radius 2 is 2.10 bits per heavy atom. The summed E-state index contributed by atoms with van der Waals surface area (Å²) in [6.45, 7) is 0.545. The summed E-state index contributed by atoms with van der Waals surface area (Å²) in [5, 5.41) is 13.8. The fraction of sp³-hybridized carbons (Fsp3) is 0.500. The predicted molar refractivity (Wildman–Crippen MR) is 83.1 cm³/mol. The molecular formula is C14H18BrN3O3. The number of nitrogens with two attached hydrogens (primary N) is 1. The van der Waals surface area contributed by atoms with Gasteiger partial charge in [0.05, 0.1) is 4.92 Å². The molecule has 2 rings (SSSR count). The van der Waals surface area contributed by atoms with Crippen molar-refractivity contribution in [3.63, 3.8) is 0 Å². The van der Waals surface area contributed by atoms with Crippen LogP contribution in [0.3, 0.4) is 0 Å². The van der Waals surface area contributed by atoms with E-state index in [9.17, 15) is 14.9 Å². The summed E-state index contributed by atoms with van der Waals surface area (Å²) in [4.78, 5) is 22.6. The number of benzene rings is 1. The number of hydrogen-bond donors (Lipinski definition) is 2. The lowest BCUT2D eigenvalue weighted by molar-refractivity contribution is -0.385. The quantitative estimate of drug-likeness (QED) is 0.640. The van der Waals surface area contributed by atoms with Gasteiger partial charge in [0.15, 0.2) is 0 Å². The summed E-state index contributed by atoms with van der Waals surface area (Å²) in [6, 6.07) is 4.30. The fourth-order valence-electron chi connectivity index (χ4n) is 2.74. The number of nitro benzene ring substituents is 1. The van der Waals surface area contributed by atoms with Crippen molar-refractivity contribution in [2.75, 3.05) is 6.54 Å². The largest absolute Gasteiger partial charge is 0.349 e. The Labute approximate surface area is 131 Å². The van der Waals surface area contributed by atoms with Crippen molar-refractivity contribution >= 4 is 27.5 Å². The monoisotopic (exact) mass is 355 g/mol. The summed E-state index contributed by atoms with van der Waals surface area (Å²) in [6.07, 6.45) is 4.13. The average molecular weight is 356 g/mol. The molecule has 1 aromatic rings. The van der Waals surface area contributed by atoms with Crippen molar-refractivity contribution < 1.29 is 9.72 Å². The van der Waals surface area contributed by atoms with E-state index in [0.717, 1.165) is 25.7 Å². The number of nitrogens with one attached hydrogen (secondary N) is 1. The van der Waals surface area contributed by atoms with Crippen LogP contribution in [0.5, 0.6) is 0 Å². The Kier molecular flexibility index (Phi) is 5.30. The third kappa shape index (κ3) is 4.01. The van der Waals surface area contributed by atoms with Gasteiger partial charge in [-0.1, -0.05) is 28.8 Å². The Balaban J connectivity index is 2.14. The van der Waals surface area contributed by atoms with E-state index in [2.05, 4.69) is 21.2 Å². The molecule has 2 atom stereocenters. The normalized spacial score (nSPS) is 21.8. The summed E-state index contributed by atoms with van der Waals surface area (Å²) in [5.74, 6) is -0.00501. The molecule has 0 bridgehead atoms. The number of halogens is 1. The first kappa shape index (κ1) is 15.9. The zero-order valence-corrected chi connectivity index (χ0v) is 13.1. The summed E-state index contributed by atoms with van der Waals surface area (Å²) < 4.78 is 0.515. The van der Waals surface area contributed by atoms with Crippen LogP contribution in [0.2, 0.25) is 0 Å². The van der Waals surface area contributed by atoms with Gasteiger partial charge in [-0.25, -0.2) is 0 Å². The number of carbonyl (C=O) groups is 1. The van der Waals surface area contributed by atoms with Gasteiger partial charge < -0.3 is 11.1 Å². The Morgan fingerprint density at radius 3 is 2.76 bits per heavy atom. The Hall–Kier alpha value is -1.47. The molecule has 1 aromatic carbocycles. The molecule has 0 heterocycles. The number of nitrogens with zero attached hydrogens (tertiary/aromatic N) is 1. The van der Waals surface area contributed by atoms with Gasteiger partial charge in [-0.05, 0) is 31.4 Å². The van der Waals surface area contributed by atoms with Crippen LogP contribution in [-0.4, -0.2) is 23.4 Å². The molecule has 7 heteroatoms. The molecule has 6 nitrogen and oxygen atoms in total. The maximum Gasteiger partial charge on any atom is 0.271 e. The van der Waals surface area contributed by atoms with Gasteiger partial charge in [-0.3, -0.25) is 14.9 Å². The average Bonchev–Trinajstić information content (AvgIpc) is 2.47. The van der Waals surface area contributed by atoms with Crippen LogP contribution in [0.1, 0.15) is 36.0 Å². The minimum atomic E-state index is -0.509. The highest BCUT2D eigenvalue weighted by molar-refractivity contribution is 9.10. The van der Waals surface area contributed by atoms with Gasteiger partial charge in [0, 0.05) is 28.2 Å². The van der Waals surface area contributed by atoms with Crippen LogP contribution >= 0.6 is 15.9 Å². The molecule has 0 aromatic heterocycles. The minimum absolute atomic E-state index is 0.0503. The summed E-state index contributed by atoms with van der Waals surface area (Å²) >= 11 is 3.20. The van der Waals surface area contributed by atoms with Gasteiger partial charge in [-0.15, -0.1) is 0 Å². The van der Waals surface area contributed by atoms with Gasteiger partial charge in [0.1, 0.15) is 0 Å². The summed E-state index contributed by atoms with van der Waals surface area (Å²) in [5.41, 5.74) is 5.93. The van der Waals surface area contributed by atoms with Crippen molar-refractivity contribution in [3.8, 4) is 0 Å². The van der Waals surface area contributed by atoms with Crippen LogP contribution in [0.15, 0.2) is 22.7 Å². The maximum atomic E-state index is 12.3. The molecule has 3 N–H and O–H groups in total. The molecule has 1 saturated carbocycles. The summed E-state index contributed by atoms with van der Waals surface area (Å²) in [7, 11) is 0. The zero-order valence-electron chi connectivity index (χ0n) is 11.5. The highest BCUT2D eigenvalue weighted by Crippen LogP contribution is 2.25. The number of amides is 1. The van der Waals surface area contributed by atoms with E-state index in [-0.39, 0.29) is 29.1 Å². The van der Waals surface area contributed by atoms with E-state index in [1.807, 2.05) is 0 Å². The van der Waals surface area contributed by atoms with Crippen LogP contribution in [0.4, 0.5) is 5.69 Å². The Morgan fingerprint density at radius 1 is 1.38 bits per heavy atom. The van der Waals surface area contributed by atoms with Crippen molar-refractivity contribution in [3.05, 3.63) is 38.3 Å². The van der Waals surface area contributed by atoms with Crippen molar-refractivity contribution in [1.29, 1.82) is 0 Å². The molecule has 1 aliphatic rings. The van der Waals surface area contributed by atoms with Crippen LogP contribution in [-0.2, 0) is 0 Å². The minimum Gasteiger partial charge on any atom is -0.349 e. The van der Waals surface area contributed by atoms with Gasteiger partial charge in [0.2, 0.25) is 0 Å².